The van der Waals surface area contributed by atoms with E-state index in [0.717, 1.165) is 27.5 Å². The second-order valence-electron chi connectivity index (χ2n) is 6.22. The molecule has 0 aliphatic heterocycles. The predicted molar refractivity (Wildman–Crippen MR) is 112 cm³/mol. The van der Waals surface area contributed by atoms with E-state index in [4.69, 9.17) is 9.47 Å². The Kier molecular flexibility index (Phi) is 8.54. The maximum absolute atomic E-state index is 12.0. The quantitative estimate of drug-likeness (QED) is 0.482. The highest BCUT2D eigenvalue weighted by molar-refractivity contribution is 8.00. The molecule has 8 heteroatoms. The maximum atomic E-state index is 12.0. The molecular weight excluding hydrogens is 392 g/mol. The first-order valence-electron chi connectivity index (χ1n) is 8.94. The molecule has 154 valence electrons. The smallest absolute Gasteiger partial charge is 0.316 e. The summed E-state index contributed by atoms with van der Waals surface area (Å²) in [6.45, 7) is 3.15. The Labute approximate surface area is 174 Å². The fourth-order valence-electron chi connectivity index (χ4n) is 2.43. The van der Waals surface area contributed by atoms with Crippen molar-refractivity contribution in [2.75, 3.05) is 31.3 Å². The van der Waals surface area contributed by atoms with Crippen LogP contribution in [0.2, 0.25) is 0 Å². The zero-order chi connectivity index (χ0) is 21.2. The van der Waals surface area contributed by atoms with E-state index < -0.39 is 18.5 Å². The van der Waals surface area contributed by atoms with Crippen LogP contribution in [0.1, 0.15) is 11.1 Å². The average molecular weight is 416 g/mol. The van der Waals surface area contributed by atoms with E-state index in [2.05, 4.69) is 10.6 Å². The van der Waals surface area contributed by atoms with E-state index in [1.54, 1.807) is 19.2 Å². The molecule has 0 heterocycles. The van der Waals surface area contributed by atoms with Crippen molar-refractivity contribution in [3.63, 3.8) is 0 Å². The molecule has 0 saturated carbocycles. The summed E-state index contributed by atoms with van der Waals surface area (Å²) in [7, 11) is 1.58. The molecule has 2 aromatic carbocycles. The second kappa shape index (κ2) is 11.1. The van der Waals surface area contributed by atoms with Gasteiger partial charge in [0.05, 0.1) is 19.4 Å². The summed E-state index contributed by atoms with van der Waals surface area (Å²) in [6, 6.07) is 12.9. The largest absolute Gasteiger partial charge is 0.497 e. The highest BCUT2D eigenvalue weighted by Gasteiger charge is 2.11. The monoisotopic (exact) mass is 416 g/mol. The lowest BCUT2D eigenvalue weighted by Gasteiger charge is -2.12. The standard InChI is InChI=1S/C21H24N2O5S/c1-14-5-4-6-15(2)21(14)23-18(24)11-22-19(25)12-28-20(26)13-29-17-9-7-16(27-3)8-10-17/h4-10H,11-13H2,1-3H3,(H,22,25)(H,23,24). The number of esters is 1. The Balaban J connectivity index is 1.66. The maximum Gasteiger partial charge on any atom is 0.316 e. The van der Waals surface area contributed by atoms with Gasteiger partial charge in [-0.25, -0.2) is 0 Å². The van der Waals surface area contributed by atoms with Crippen LogP contribution in [0.25, 0.3) is 0 Å². The van der Waals surface area contributed by atoms with Crippen LogP contribution in [0.4, 0.5) is 5.69 Å². The van der Waals surface area contributed by atoms with E-state index in [1.165, 1.54) is 11.8 Å². The average Bonchev–Trinajstić information content (AvgIpc) is 2.72. The molecule has 2 amide bonds. The fourth-order valence-corrected chi connectivity index (χ4v) is 3.12. The molecule has 29 heavy (non-hydrogen) atoms. The minimum Gasteiger partial charge on any atom is -0.497 e. The van der Waals surface area contributed by atoms with Crippen LogP contribution in [0.5, 0.6) is 5.75 Å². The Bertz CT molecular complexity index is 848. The Hall–Kier alpha value is -3.00. The van der Waals surface area contributed by atoms with Crippen LogP contribution in [0, 0.1) is 13.8 Å². The summed E-state index contributed by atoms with van der Waals surface area (Å²) in [4.78, 5) is 36.5. The molecule has 0 aliphatic rings. The lowest BCUT2D eigenvalue weighted by Crippen LogP contribution is -2.36. The van der Waals surface area contributed by atoms with E-state index in [1.807, 2.05) is 44.2 Å². The normalized spacial score (nSPS) is 10.2. The van der Waals surface area contributed by atoms with Crippen LogP contribution in [-0.2, 0) is 19.1 Å². The molecule has 2 N–H and O–H groups in total. The van der Waals surface area contributed by atoms with Gasteiger partial charge in [0.15, 0.2) is 6.61 Å². The third kappa shape index (κ3) is 7.50. The number of carbonyl (C=O) groups excluding carboxylic acids is 3. The van der Waals surface area contributed by atoms with Crippen molar-refractivity contribution >= 4 is 35.2 Å². The van der Waals surface area contributed by atoms with E-state index in [9.17, 15) is 14.4 Å². The summed E-state index contributed by atoms with van der Waals surface area (Å²) in [5.74, 6) is -0.593. The van der Waals surface area contributed by atoms with Gasteiger partial charge >= 0.3 is 5.97 Å². The lowest BCUT2D eigenvalue weighted by atomic mass is 10.1. The van der Waals surface area contributed by atoms with Crippen molar-refractivity contribution in [2.24, 2.45) is 0 Å². The number of ether oxygens (including phenoxy) is 2. The van der Waals surface area contributed by atoms with Gasteiger partial charge in [-0.1, -0.05) is 18.2 Å². The van der Waals surface area contributed by atoms with Gasteiger partial charge in [-0.2, -0.15) is 0 Å². The molecule has 0 saturated heterocycles. The van der Waals surface area contributed by atoms with Crippen LogP contribution in [0.3, 0.4) is 0 Å². The predicted octanol–water partition coefficient (Wildman–Crippen LogP) is 2.70. The molecule has 0 spiro atoms. The van der Waals surface area contributed by atoms with Crippen molar-refractivity contribution in [3.8, 4) is 5.75 Å². The Morgan fingerprint density at radius 2 is 1.62 bits per heavy atom. The number of methoxy groups -OCH3 is 1. The summed E-state index contributed by atoms with van der Waals surface area (Å²) in [6.07, 6.45) is 0. The van der Waals surface area contributed by atoms with Gasteiger partial charge in [0.25, 0.3) is 5.91 Å². The Morgan fingerprint density at radius 3 is 2.24 bits per heavy atom. The van der Waals surface area contributed by atoms with Crippen LogP contribution >= 0.6 is 11.8 Å². The van der Waals surface area contributed by atoms with Crippen molar-refractivity contribution in [1.82, 2.24) is 5.32 Å². The fraction of sp³-hybridized carbons (Fsp3) is 0.286. The molecule has 0 unspecified atom stereocenters. The molecule has 0 fully saturated rings. The summed E-state index contributed by atoms with van der Waals surface area (Å²) < 4.78 is 10.0. The highest BCUT2D eigenvalue weighted by atomic mass is 32.2. The molecular formula is C21H24N2O5S. The van der Waals surface area contributed by atoms with Gasteiger partial charge in [-0.15, -0.1) is 11.8 Å². The minimum absolute atomic E-state index is 0.0760. The summed E-state index contributed by atoms with van der Waals surface area (Å²) in [5, 5.41) is 5.21. The molecule has 2 aromatic rings. The number of nitrogens with one attached hydrogen (secondary N) is 2. The van der Waals surface area contributed by atoms with Crippen molar-refractivity contribution in [1.29, 1.82) is 0 Å². The van der Waals surface area contributed by atoms with Crippen molar-refractivity contribution in [2.45, 2.75) is 18.7 Å². The molecule has 7 nitrogen and oxygen atoms in total. The molecule has 0 bridgehead atoms. The van der Waals surface area contributed by atoms with Crippen LogP contribution < -0.4 is 15.4 Å². The first kappa shape index (κ1) is 22.3. The first-order valence-corrected chi connectivity index (χ1v) is 9.93. The number of aryl methyl sites for hydroxylation is 2. The number of hydrogen-bond donors (Lipinski definition) is 2. The lowest BCUT2D eigenvalue weighted by molar-refractivity contribution is -0.146. The number of benzene rings is 2. The number of amides is 2. The Morgan fingerprint density at radius 1 is 0.966 bits per heavy atom. The third-order valence-corrected chi connectivity index (χ3v) is 4.96. The molecule has 0 radical (unpaired) electrons. The first-order chi connectivity index (χ1) is 13.9. The van der Waals surface area contributed by atoms with E-state index in [0.29, 0.717) is 0 Å². The van der Waals surface area contributed by atoms with Crippen molar-refractivity contribution in [3.05, 3.63) is 53.6 Å². The molecule has 0 aromatic heterocycles. The molecule has 0 aliphatic carbocycles. The van der Waals surface area contributed by atoms with Crippen LogP contribution in [0.15, 0.2) is 47.4 Å². The minimum atomic E-state index is -0.538. The van der Waals surface area contributed by atoms with Gasteiger partial charge < -0.3 is 20.1 Å². The van der Waals surface area contributed by atoms with E-state index in [-0.39, 0.29) is 18.2 Å². The van der Waals surface area contributed by atoms with Gasteiger partial charge in [0, 0.05) is 10.6 Å². The van der Waals surface area contributed by atoms with Gasteiger partial charge in [-0.05, 0) is 49.2 Å². The third-order valence-electron chi connectivity index (χ3n) is 3.97. The highest BCUT2D eigenvalue weighted by Crippen LogP contribution is 2.21. The molecule has 0 atom stereocenters. The topological polar surface area (TPSA) is 93.7 Å². The zero-order valence-corrected chi connectivity index (χ0v) is 17.4. The number of hydrogen-bond acceptors (Lipinski definition) is 6. The summed E-state index contributed by atoms with van der Waals surface area (Å²) >= 11 is 1.30. The summed E-state index contributed by atoms with van der Waals surface area (Å²) in [5.41, 5.74) is 2.61. The van der Waals surface area contributed by atoms with Gasteiger partial charge in [0.1, 0.15) is 5.75 Å². The van der Waals surface area contributed by atoms with Gasteiger partial charge in [-0.3, -0.25) is 14.4 Å². The number of carbonyl (C=O) groups is 3. The molecule has 2 rings (SSSR count). The van der Waals surface area contributed by atoms with E-state index >= 15 is 0 Å². The van der Waals surface area contributed by atoms with Gasteiger partial charge in [0.2, 0.25) is 5.91 Å². The number of para-hydroxylation sites is 1. The second-order valence-corrected chi connectivity index (χ2v) is 7.27. The SMILES string of the molecule is COc1ccc(SCC(=O)OCC(=O)NCC(=O)Nc2c(C)cccc2C)cc1. The number of thioether (sulfide) groups is 1. The van der Waals surface area contributed by atoms with Crippen molar-refractivity contribution < 1.29 is 23.9 Å². The number of rotatable bonds is 9. The van der Waals surface area contributed by atoms with Crippen LogP contribution in [-0.4, -0.2) is 43.8 Å². The number of anilines is 1. The zero-order valence-electron chi connectivity index (χ0n) is 16.6.